The fourth-order valence-electron chi connectivity index (χ4n) is 6.06. The highest BCUT2D eigenvalue weighted by molar-refractivity contribution is 6.10. The third-order valence-electron chi connectivity index (χ3n) is 8.32. The molecule has 8 nitrogen and oxygen atoms in total. The van der Waals surface area contributed by atoms with Gasteiger partial charge < -0.3 is 19.3 Å². The van der Waals surface area contributed by atoms with Crippen molar-refractivity contribution in [3.63, 3.8) is 0 Å². The van der Waals surface area contributed by atoms with E-state index in [-0.39, 0.29) is 55.3 Å². The molecule has 4 heterocycles. The average Bonchev–Trinajstić information content (AvgIpc) is 3.44. The third kappa shape index (κ3) is 4.29. The first-order valence-electron chi connectivity index (χ1n) is 13.0. The van der Waals surface area contributed by atoms with Crippen molar-refractivity contribution in [3.05, 3.63) is 76.4 Å². The summed E-state index contributed by atoms with van der Waals surface area (Å²) < 4.78 is 65.2. The maximum atomic E-state index is 15.8. The maximum absolute atomic E-state index is 15.8. The van der Waals surface area contributed by atoms with Gasteiger partial charge in [0.05, 0.1) is 37.3 Å². The van der Waals surface area contributed by atoms with Crippen molar-refractivity contribution >= 4 is 11.6 Å². The van der Waals surface area contributed by atoms with E-state index in [1.165, 1.54) is 21.9 Å². The first-order valence-corrected chi connectivity index (χ1v) is 13.0. The van der Waals surface area contributed by atoms with E-state index in [0.29, 0.717) is 29.9 Å². The predicted molar refractivity (Wildman–Crippen MR) is 136 cm³/mol. The number of amides is 1. The number of nitrogens with zero attached hydrogens (tertiary/aromatic N) is 5. The van der Waals surface area contributed by atoms with Gasteiger partial charge in [-0.15, -0.1) is 10.2 Å². The van der Waals surface area contributed by atoms with E-state index in [1.807, 2.05) is 11.8 Å². The molecule has 40 heavy (non-hydrogen) atoms. The van der Waals surface area contributed by atoms with Crippen LogP contribution in [0.1, 0.15) is 51.5 Å². The van der Waals surface area contributed by atoms with Crippen molar-refractivity contribution in [3.8, 4) is 0 Å². The van der Waals surface area contributed by atoms with Gasteiger partial charge in [-0.05, 0) is 41.0 Å². The van der Waals surface area contributed by atoms with E-state index in [1.54, 1.807) is 31.3 Å². The molecule has 0 radical (unpaired) electrons. The molecule has 1 N–H and O–H groups in total. The number of hydrogen-bond acceptors (Lipinski definition) is 6. The summed E-state index contributed by atoms with van der Waals surface area (Å²) in [7, 11) is 1.64. The Balaban J connectivity index is 1.31. The van der Waals surface area contributed by atoms with E-state index in [2.05, 4.69) is 10.2 Å². The lowest BCUT2D eigenvalue weighted by Gasteiger charge is -2.47. The van der Waals surface area contributed by atoms with E-state index >= 15 is 4.39 Å². The summed E-state index contributed by atoms with van der Waals surface area (Å²) in [5, 5.41) is 17.2. The number of rotatable bonds is 7. The van der Waals surface area contributed by atoms with Crippen LogP contribution in [0.5, 0.6) is 0 Å². The van der Waals surface area contributed by atoms with Gasteiger partial charge >= 0.3 is 6.18 Å². The summed E-state index contributed by atoms with van der Waals surface area (Å²) in [5.74, 6) is -0.394. The maximum Gasteiger partial charge on any atom is 0.416 e. The highest BCUT2D eigenvalue weighted by atomic mass is 19.4. The molecule has 1 amide bonds. The van der Waals surface area contributed by atoms with Gasteiger partial charge in [-0.1, -0.05) is 19.1 Å². The molecule has 12 heteroatoms. The molecule has 3 aromatic rings. The minimum Gasteiger partial charge on any atom is -0.396 e. The number of alkyl halides is 4. The number of aliphatic hydroxyl groups excluding tert-OH is 1. The number of aliphatic hydroxyl groups is 1. The van der Waals surface area contributed by atoms with Gasteiger partial charge in [0.25, 0.3) is 5.91 Å². The fraction of sp³-hybridized carbons (Fsp3) is 0.464. The van der Waals surface area contributed by atoms with Crippen LogP contribution in [0.4, 0.5) is 23.2 Å². The highest BCUT2D eigenvalue weighted by Gasteiger charge is 2.51. The third-order valence-corrected chi connectivity index (χ3v) is 8.32. The minimum atomic E-state index is -4.64. The van der Waals surface area contributed by atoms with Crippen molar-refractivity contribution in [2.24, 2.45) is 12.5 Å². The average molecular weight is 560 g/mol. The number of aromatic nitrogens is 3. The molecule has 1 atom stereocenters. The summed E-state index contributed by atoms with van der Waals surface area (Å²) in [6, 6.07) is 9.35. The number of aryl methyl sites for hydroxylation is 1. The van der Waals surface area contributed by atoms with Gasteiger partial charge in [-0.3, -0.25) is 9.69 Å². The Hall–Kier alpha value is -3.35. The van der Waals surface area contributed by atoms with Crippen LogP contribution in [-0.2, 0) is 36.5 Å². The molecule has 1 aromatic heterocycles. The zero-order chi connectivity index (χ0) is 28.4. The molecule has 0 saturated carbocycles. The molecule has 3 aliphatic heterocycles. The molecular weight excluding hydrogens is 530 g/mol. The van der Waals surface area contributed by atoms with Crippen LogP contribution >= 0.6 is 0 Å². The van der Waals surface area contributed by atoms with Crippen LogP contribution in [0.25, 0.3) is 0 Å². The minimum absolute atomic E-state index is 0.00313. The molecule has 2 fully saturated rings. The fourth-order valence-corrected chi connectivity index (χ4v) is 6.06. The van der Waals surface area contributed by atoms with Gasteiger partial charge in [-0.25, -0.2) is 4.39 Å². The van der Waals surface area contributed by atoms with Crippen molar-refractivity contribution in [1.82, 2.24) is 19.7 Å². The normalized spacial score (nSPS) is 20.7. The molecule has 0 spiro atoms. The van der Waals surface area contributed by atoms with Crippen LogP contribution in [0.3, 0.4) is 0 Å². The number of halogens is 4. The molecule has 0 unspecified atom stereocenters. The molecule has 3 aliphatic rings. The van der Waals surface area contributed by atoms with Crippen LogP contribution in [0, 0.1) is 5.41 Å². The van der Waals surface area contributed by atoms with Gasteiger partial charge in [-0.2, -0.15) is 13.2 Å². The number of likely N-dealkylation sites (tertiary alicyclic amines) is 1. The SMILES string of the molecule is Cn1cnnc1[C@H](F)C1(c2cccc(N3Cc4c(cc(CN5CC(C)(CO)C5)cc4C(F)(F)F)C3=O)c2)COC1. The van der Waals surface area contributed by atoms with Crippen molar-refractivity contribution in [2.45, 2.75) is 37.8 Å². The Morgan fingerprint density at radius 1 is 1.18 bits per heavy atom. The Morgan fingerprint density at radius 3 is 2.52 bits per heavy atom. The smallest absolute Gasteiger partial charge is 0.396 e. The standard InChI is InChI=1S/C28H29F4N5O3/c1-26(13-38)11-36(12-26)9-17-6-20-21(22(7-17)28(30,31)32)10-37(25(20)39)19-5-3-4-18(8-19)27(14-40-15-27)23(29)24-34-33-16-35(24)2/h3-8,16,23,38H,9-15H2,1-2H3/t23-/m0/s1. The largest absolute Gasteiger partial charge is 0.416 e. The summed E-state index contributed by atoms with van der Waals surface area (Å²) in [4.78, 5) is 16.8. The predicted octanol–water partition coefficient (Wildman–Crippen LogP) is 3.79. The Labute approximate surface area is 228 Å². The number of carbonyl (C=O) groups is 1. The van der Waals surface area contributed by atoms with Crippen molar-refractivity contribution in [1.29, 1.82) is 0 Å². The molecule has 2 aromatic carbocycles. The summed E-state index contributed by atoms with van der Waals surface area (Å²) >= 11 is 0. The lowest BCUT2D eigenvalue weighted by atomic mass is 9.74. The van der Waals surface area contributed by atoms with E-state index in [4.69, 9.17) is 4.74 Å². The second-order valence-corrected chi connectivity index (χ2v) is 11.5. The lowest BCUT2D eigenvalue weighted by Crippen LogP contribution is -2.55. The van der Waals surface area contributed by atoms with Crippen LogP contribution in [0.15, 0.2) is 42.7 Å². The van der Waals surface area contributed by atoms with Gasteiger partial charge in [0.15, 0.2) is 12.0 Å². The number of carbonyl (C=O) groups excluding carboxylic acids is 1. The lowest BCUT2D eigenvalue weighted by molar-refractivity contribution is -0.138. The number of anilines is 1. The van der Waals surface area contributed by atoms with E-state index in [9.17, 15) is 23.1 Å². The molecule has 0 aliphatic carbocycles. The zero-order valence-corrected chi connectivity index (χ0v) is 22.1. The van der Waals surface area contributed by atoms with Gasteiger partial charge in [0, 0.05) is 43.3 Å². The van der Waals surface area contributed by atoms with Crippen molar-refractivity contribution < 1.29 is 32.2 Å². The highest BCUT2D eigenvalue weighted by Crippen LogP contribution is 2.47. The second kappa shape index (κ2) is 9.35. The molecule has 0 bridgehead atoms. The molecular formula is C28H29F4N5O3. The van der Waals surface area contributed by atoms with E-state index < -0.39 is 29.2 Å². The quantitative estimate of drug-likeness (QED) is 0.444. The topological polar surface area (TPSA) is 83.7 Å². The number of fused-ring (bicyclic) bond motifs is 1. The number of hydrogen-bond donors (Lipinski definition) is 1. The Morgan fingerprint density at radius 2 is 1.93 bits per heavy atom. The van der Waals surface area contributed by atoms with Crippen LogP contribution in [0.2, 0.25) is 0 Å². The summed E-state index contributed by atoms with van der Waals surface area (Å²) in [6.07, 6.45) is -4.77. The molecule has 212 valence electrons. The zero-order valence-electron chi connectivity index (χ0n) is 22.1. The van der Waals surface area contributed by atoms with E-state index in [0.717, 1.165) is 6.07 Å². The molecule has 6 rings (SSSR count). The first kappa shape index (κ1) is 26.9. The van der Waals surface area contributed by atoms with Crippen LogP contribution < -0.4 is 4.90 Å². The van der Waals surface area contributed by atoms with Gasteiger partial charge in [0.1, 0.15) is 6.33 Å². The monoisotopic (exact) mass is 559 g/mol. The number of benzene rings is 2. The summed E-state index contributed by atoms with van der Waals surface area (Å²) in [5.41, 5.74) is -0.864. The van der Waals surface area contributed by atoms with Gasteiger partial charge in [0.2, 0.25) is 0 Å². The second-order valence-electron chi connectivity index (χ2n) is 11.5. The van der Waals surface area contributed by atoms with Crippen LogP contribution in [-0.4, -0.2) is 63.6 Å². The Kier molecular flexibility index (Phi) is 6.28. The Bertz CT molecular complexity index is 1460. The van der Waals surface area contributed by atoms with Crippen molar-refractivity contribution in [2.75, 3.05) is 37.8 Å². The first-order chi connectivity index (χ1) is 18.9. The summed E-state index contributed by atoms with van der Waals surface area (Å²) in [6.45, 7) is 3.22. The molecule has 2 saturated heterocycles. The number of ether oxygens (including phenoxy) is 1.